The van der Waals surface area contributed by atoms with E-state index < -0.39 is 18.0 Å². The van der Waals surface area contributed by atoms with Crippen LogP contribution in [-0.2, 0) is 22.4 Å². The van der Waals surface area contributed by atoms with E-state index in [1.807, 2.05) is 31.2 Å². The van der Waals surface area contributed by atoms with Crippen molar-refractivity contribution in [3.05, 3.63) is 59.3 Å². The number of para-hydroxylation sites is 2. The van der Waals surface area contributed by atoms with Crippen LogP contribution in [-0.4, -0.2) is 29.6 Å². The Morgan fingerprint density at radius 1 is 1.13 bits per heavy atom. The number of hydrogen-bond acceptors (Lipinski definition) is 4. The molecule has 30 heavy (non-hydrogen) atoms. The van der Waals surface area contributed by atoms with Crippen molar-refractivity contribution in [1.29, 1.82) is 0 Å². The summed E-state index contributed by atoms with van der Waals surface area (Å²) in [6.45, 7) is 3.93. The van der Waals surface area contributed by atoms with Crippen LogP contribution in [0.2, 0.25) is 0 Å². The number of H-pyrrole nitrogens is 1. The number of carbonyl (C=O) groups excluding carboxylic acids is 2. The van der Waals surface area contributed by atoms with Crippen LogP contribution in [0.3, 0.4) is 0 Å². The molecule has 3 aromatic rings. The lowest BCUT2D eigenvalue weighted by molar-refractivity contribution is -0.123. The van der Waals surface area contributed by atoms with Crippen LogP contribution in [0.25, 0.3) is 10.9 Å². The molecule has 156 valence electrons. The van der Waals surface area contributed by atoms with Gasteiger partial charge in [-0.3, -0.25) is 4.79 Å². The van der Waals surface area contributed by atoms with Gasteiger partial charge in [0.2, 0.25) is 0 Å². The molecule has 1 aliphatic carbocycles. The van der Waals surface area contributed by atoms with Gasteiger partial charge < -0.3 is 19.8 Å². The van der Waals surface area contributed by atoms with Gasteiger partial charge in [0, 0.05) is 16.6 Å². The number of carbonyl (C=O) groups is 2. The van der Waals surface area contributed by atoms with Crippen molar-refractivity contribution in [2.24, 2.45) is 0 Å². The molecule has 6 nitrogen and oxygen atoms in total. The molecule has 1 aromatic heterocycles. The summed E-state index contributed by atoms with van der Waals surface area (Å²) in [6.07, 6.45) is 3.47. The van der Waals surface area contributed by atoms with Crippen molar-refractivity contribution in [1.82, 2.24) is 4.98 Å². The quantitative estimate of drug-likeness (QED) is 0.585. The summed E-state index contributed by atoms with van der Waals surface area (Å²) < 4.78 is 11.0. The highest BCUT2D eigenvalue weighted by molar-refractivity contribution is 6.00. The zero-order chi connectivity index (χ0) is 21.1. The summed E-state index contributed by atoms with van der Waals surface area (Å²) in [5.74, 6) is -0.339. The highest BCUT2D eigenvalue weighted by Gasteiger charge is 2.22. The monoisotopic (exact) mass is 406 g/mol. The molecule has 1 heterocycles. The minimum absolute atomic E-state index is 0.407. The fourth-order valence-corrected chi connectivity index (χ4v) is 3.90. The maximum atomic E-state index is 12.7. The highest BCUT2D eigenvalue weighted by Crippen LogP contribution is 2.30. The molecule has 1 aliphatic rings. The summed E-state index contributed by atoms with van der Waals surface area (Å²) in [5.41, 5.74) is 4.60. The third-order valence-corrected chi connectivity index (χ3v) is 5.43. The van der Waals surface area contributed by atoms with E-state index in [1.54, 1.807) is 25.1 Å². The molecule has 2 N–H and O–H groups in total. The number of aromatic nitrogens is 1. The molecule has 1 unspecified atom stereocenters. The molecule has 1 atom stereocenters. The van der Waals surface area contributed by atoms with E-state index in [1.165, 1.54) is 17.7 Å². The van der Waals surface area contributed by atoms with E-state index in [4.69, 9.17) is 9.47 Å². The van der Waals surface area contributed by atoms with Gasteiger partial charge in [0.05, 0.1) is 17.9 Å². The van der Waals surface area contributed by atoms with Gasteiger partial charge in [0.15, 0.2) is 6.10 Å². The number of aromatic amines is 1. The normalized spacial score (nSPS) is 14.1. The largest absolute Gasteiger partial charge is 0.492 e. The van der Waals surface area contributed by atoms with Crippen LogP contribution in [0, 0.1) is 0 Å². The van der Waals surface area contributed by atoms with Gasteiger partial charge >= 0.3 is 5.97 Å². The number of hydrogen-bond donors (Lipinski definition) is 2. The van der Waals surface area contributed by atoms with Gasteiger partial charge in [-0.05, 0) is 75.4 Å². The van der Waals surface area contributed by atoms with E-state index in [0.29, 0.717) is 23.6 Å². The van der Waals surface area contributed by atoms with Crippen molar-refractivity contribution in [3.8, 4) is 5.75 Å². The number of aryl methyl sites for hydroxylation is 2. The van der Waals surface area contributed by atoms with E-state index >= 15 is 0 Å². The van der Waals surface area contributed by atoms with Gasteiger partial charge in [0.1, 0.15) is 5.75 Å². The molecule has 6 heteroatoms. The molecule has 0 fully saturated rings. The highest BCUT2D eigenvalue weighted by atomic mass is 16.5. The van der Waals surface area contributed by atoms with Gasteiger partial charge in [-0.25, -0.2) is 4.79 Å². The first-order chi connectivity index (χ1) is 14.6. The van der Waals surface area contributed by atoms with Crippen LogP contribution < -0.4 is 10.1 Å². The van der Waals surface area contributed by atoms with E-state index in [-0.39, 0.29) is 0 Å². The molecule has 0 aliphatic heterocycles. The number of rotatable bonds is 6. The maximum Gasteiger partial charge on any atom is 0.338 e. The van der Waals surface area contributed by atoms with Crippen molar-refractivity contribution >= 4 is 28.5 Å². The number of benzene rings is 2. The third-order valence-electron chi connectivity index (χ3n) is 5.43. The van der Waals surface area contributed by atoms with Crippen molar-refractivity contribution in [2.45, 2.75) is 45.6 Å². The van der Waals surface area contributed by atoms with Crippen LogP contribution in [0.4, 0.5) is 5.69 Å². The minimum atomic E-state index is -0.942. The Morgan fingerprint density at radius 3 is 2.77 bits per heavy atom. The smallest absolute Gasteiger partial charge is 0.338 e. The van der Waals surface area contributed by atoms with Gasteiger partial charge in [0.25, 0.3) is 5.91 Å². The molecule has 0 saturated carbocycles. The Labute approximate surface area is 175 Å². The summed E-state index contributed by atoms with van der Waals surface area (Å²) in [4.78, 5) is 28.7. The minimum Gasteiger partial charge on any atom is -0.492 e. The molecular weight excluding hydrogens is 380 g/mol. The molecule has 0 spiro atoms. The van der Waals surface area contributed by atoms with E-state index in [0.717, 1.165) is 30.2 Å². The predicted octanol–water partition coefficient (Wildman–Crippen LogP) is 4.63. The molecule has 1 amide bonds. The number of ether oxygens (including phenoxy) is 2. The molecule has 0 radical (unpaired) electrons. The molecular formula is C24H26N2O4. The Bertz CT molecular complexity index is 1090. The third kappa shape index (κ3) is 4.03. The van der Waals surface area contributed by atoms with Crippen LogP contribution in [0.15, 0.2) is 42.5 Å². The Morgan fingerprint density at radius 2 is 1.93 bits per heavy atom. The summed E-state index contributed by atoms with van der Waals surface area (Å²) in [6, 6.07) is 12.7. The number of nitrogens with one attached hydrogen (secondary N) is 2. The maximum absolute atomic E-state index is 12.7. The van der Waals surface area contributed by atoms with Crippen LogP contribution >= 0.6 is 0 Å². The van der Waals surface area contributed by atoms with Crippen LogP contribution in [0.1, 0.15) is 48.3 Å². The fraction of sp³-hybridized carbons (Fsp3) is 0.333. The lowest BCUT2D eigenvalue weighted by atomic mass is 9.95. The number of anilines is 1. The second-order valence-corrected chi connectivity index (χ2v) is 7.52. The lowest BCUT2D eigenvalue weighted by Gasteiger charge is -2.16. The first-order valence-electron chi connectivity index (χ1n) is 10.4. The number of esters is 1. The van der Waals surface area contributed by atoms with Crippen LogP contribution in [0.5, 0.6) is 5.75 Å². The standard InChI is InChI=1S/C24H26N2O4/c1-3-29-22-11-7-6-10-21(22)26-23(27)15(2)30-24(28)16-12-13-20-18(14-16)17-8-4-5-9-19(17)25-20/h6-7,10-15,25H,3-5,8-9H2,1-2H3,(H,26,27). The first kappa shape index (κ1) is 20.0. The SMILES string of the molecule is CCOc1ccccc1NC(=O)C(C)OC(=O)c1ccc2[nH]c3c(c2c1)CCCC3. The van der Waals surface area contributed by atoms with Crippen molar-refractivity contribution < 1.29 is 19.1 Å². The predicted molar refractivity (Wildman–Crippen MR) is 116 cm³/mol. The zero-order valence-corrected chi connectivity index (χ0v) is 17.3. The lowest BCUT2D eigenvalue weighted by Crippen LogP contribution is -2.30. The zero-order valence-electron chi connectivity index (χ0n) is 17.3. The first-order valence-corrected chi connectivity index (χ1v) is 10.4. The van der Waals surface area contributed by atoms with Gasteiger partial charge in [-0.2, -0.15) is 0 Å². The summed E-state index contributed by atoms with van der Waals surface area (Å²) in [7, 11) is 0. The molecule has 2 aromatic carbocycles. The Kier molecular flexibility index (Phi) is 5.74. The summed E-state index contributed by atoms with van der Waals surface area (Å²) >= 11 is 0. The number of amides is 1. The van der Waals surface area contributed by atoms with E-state index in [9.17, 15) is 9.59 Å². The van der Waals surface area contributed by atoms with Gasteiger partial charge in [-0.1, -0.05) is 12.1 Å². The second kappa shape index (κ2) is 8.61. The Hall–Kier alpha value is -3.28. The fourth-order valence-electron chi connectivity index (χ4n) is 3.90. The molecule has 0 bridgehead atoms. The van der Waals surface area contributed by atoms with Crippen molar-refractivity contribution in [3.63, 3.8) is 0 Å². The van der Waals surface area contributed by atoms with Gasteiger partial charge in [-0.15, -0.1) is 0 Å². The average molecular weight is 406 g/mol. The number of fused-ring (bicyclic) bond motifs is 3. The Balaban J connectivity index is 1.46. The summed E-state index contributed by atoms with van der Waals surface area (Å²) in [5, 5.41) is 3.84. The van der Waals surface area contributed by atoms with Crippen molar-refractivity contribution in [2.75, 3.05) is 11.9 Å². The van der Waals surface area contributed by atoms with E-state index in [2.05, 4.69) is 10.3 Å². The second-order valence-electron chi connectivity index (χ2n) is 7.52. The topological polar surface area (TPSA) is 80.4 Å². The molecule has 4 rings (SSSR count). The molecule has 0 saturated heterocycles. The average Bonchev–Trinajstić information content (AvgIpc) is 3.13.